The molecule has 0 fully saturated rings. The van der Waals surface area contributed by atoms with Crippen molar-refractivity contribution in [3.8, 4) is 0 Å². The smallest absolute Gasteiger partial charge is 0.202 e. The summed E-state index contributed by atoms with van der Waals surface area (Å²) in [5.41, 5.74) is 1.23. The number of fused-ring (bicyclic) bond motifs is 1. The standard InChI is InChI=1S/C17H11BrCl2N2O2S/c1-8(23)13-16(24)14-11(19)4-3-10(18)15(14)22-17(13)25-7-9-2-5-12(20)21-6-9/h2-6H,7H2,1H3,(H,22,24). The molecule has 0 aliphatic rings. The average molecular weight is 458 g/mol. The normalized spacial score (nSPS) is 11.0. The summed E-state index contributed by atoms with van der Waals surface area (Å²) in [5, 5.41) is 1.53. The summed E-state index contributed by atoms with van der Waals surface area (Å²) in [7, 11) is 0. The number of thioether (sulfide) groups is 1. The van der Waals surface area contributed by atoms with Crippen molar-refractivity contribution in [3.05, 3.63) is 66.5 Å². The highest BCUT2D eigenvalue weighted by molar-refractivity contribution is 9.10. The molecule has 0 spiro atoms. The molecule has 128 valence electrons. The molecule has 0 atom stereocenters. The molecule has 25 heavy (non-hydrogen) atoms. The average Bonchev–Trinajstić information content (AvgIpc) is 2.57. The number of carbonyl (C=O) groups is 1. The van der Waals surface area contributed by atoms with E-state index in [0.29, 0.717) is 36.3 Å². The molecule has 0 bridgehead atoms. The molecule has 0 unspecified atom stereocenters. The molecular formula is C17H11BrCl2N2O2S. The van der Waals surface area contributed by atoms with Gasteiger partial charge in [-0.1, -0.05) is 29.3 Å². The lowest BCUT2D eigenvalue weighted by molar-refractivity contribution is 0.101. The molecule has 3 rings (SSSR count). The van der Waals surface area contributed by atoms with Gasteiger partial charge in [-0.15, -0.1) is 11.8 Å². The van der Waals surface area contributed by atoms with E-state index in [-0.39, 0.29) is 16.8 Å². The lowest BCUT2D eigenvalue weighted by atomic mass is 10.1. The summed E-state index contributed by atoms with van der Waals surface area (Å²) < 4.78 is 0.703. The molecule has 3 aromatic rings. The quantitative estimate of drug-likeness (QED) is 0.319. The van der Waals surface area contributed by atoms with Crippen molar-refractivity contribution < 1.29 is 4.79 Å². The van der Waals surface area contributed by atoms with Crippen molar-refractivity contribution in [1.82, 2.24) is 9.97 Å². The Morgan fingerprint density at radius 3 is 2.68 bits per heavy atom. The van der Waals surface area contributed by atoms with Crippen LogP contribution in [0, 0.1) is 0 Å². The van der Waals surface area contributed by atoms with Crippen LogP contribution < -0.4 is 5.43 Å². The van der Waals surface area contributed by atoms with E-state index < -0.39 is 0 Å². The summed E-state index contributed by atoms with van der Waals surface area (Å²) in [6, 6.07) is 6.93. The van der Waals surface area contributed by atoms with Gasteiger partial charge in [0.25, 0.3) is 0 Å². The van der Waals surface area contributed by atoms with Crippen LogP contribution in [0.1, 0.15) is 22.8 Å². The van der Waals surface area contributed by atoms with Crippen LogP contribution in [0.25, 0.3) is 10.9 Å². The molecule has 1 N–H and O–H groups in total. The molecule has 0 saturated heterocycles. The van der Waals surface area contributed by atoms with Crippen molar-refractivity contribution in [2.24, 2.45) is 0 Å². The molecule has 0 saturated carbocycles. The highest BCUT2D eigenvalue weighted by atomic mass is 79.9. The summed E-state index contributed by atoms with van der Waals surface area (Å²) >= 11 is 16.7. The maximum atomic E-state index is 12.8. The van der Waals surface area contributed by atoms with Crippen LogP contribution >= 0.6 is 50.9 Å². The van der Waals surface area contributed by atoms with Gasteiger partial charge in [0.2, 0.25) is 5.43 Å². The van der Waals surface area contributed by atoms with Crippen LogP contribution in [0.5, 0.6) is 0 Å². The first-order valence-electron chi connectivity index (χ1n) is 7.16. The van der Waals surface area contributed by atoms with Crippen LogP contribution in [0.4, 0.5) is 0 Å². The molecule has 0 amide bonds. The van der Waals surface area contributed by atoms with E-state index in [1.54, 1.807) is 24.4 Å². The van der Waals surface area contributed by atoms with E-state index in [9.17, 15) is 9.59 Å². The number of hydrogen-bond acceptors (Lipinski definition) is 4. The van der Waals surface area contributed by atoms with E-state index in [1.165, 1.54) is 18.7 Å². The number of hydrogen-bond donors (Lipinski definition) is 1. The van der Waals surface area contributed by atoms with Gasteiger partial charge in [-0.25, -0.2) is 4.98 Å². The van der Waals surface area contributed by atoms with Gasteiger partial charge in [0.15, 0.2) is 5.78 Å². The number of carbonyl (C=O) groups excluding carboxylic acids is 1. The monoisotopic (exact) mass is 456 g/mol. The molecule has 8 heteroatoms. The minimum atomic E-state index is -0.371. The number of Topliss-reactive ketones (excluding diaryl/α,β-unsaturated/α-hetero) is 1. The largest absolute Gasteiger partial charge is 0.348 e. The van der Waals surface area contributed by atoms with Gasteiger partial charge in [0.05, 0.1) is 26.5 Å². The third-order valence-electron chi connectivity index (χ3n) is 3.55. The van der Waals surface area contributed by atoms with Gasteiger partial charge in [-0.05, 0) is 46.6 Å². The predicted octanol–water partition coefficient (Wildman–Crippen LogP) is 5.49. The highest BCUT2D eigenvalue weighted by Gasteiger charge is 2.19. The van der Waals surface area contributed by atoms with E-state index in [1.807, 2.05) is 6.07 Å². The lowest BCUT2D eigenvalue weighted by Crippen LogP contribution is -2.17. The fourth-order valence-electron chi connectivity index (χ4n) is 2.38. The predicted molar refractivity (Wildman–Crippen MR) is 106 cm³/mol. The minimum Gasteiger partial charge on any atom is -0.348 e. The number of benzene rings is 1. The topological polar surface area (TPSA) is 62.8 Å². The number of H-pyrrole nitrogens is 1. The number of rotatable bonds is 4. The minimum absolute atomic E-state index is 0.111. The zero-order valence-corrected chi connectivity index (χ0v) is 16.8. The Hall–Kier alpha value is -1.34. The fourth-order valence-corrected chi connectivity index (χ4v) is 4.20. The van der Waals surface area contributed by atoms with Gasteiger partial charge in [0, 0.05) is 16.4 Å². The molecule has 0 aliphatic heterocycles. The molecule has 2 heterocycles. The molecule has 0 radical (unpaired) electrons. The van der Waals surface area contributed by atoms with Crippen molar-refractivity contribution in [1.29, 1.82) is 0 Å². The van der Waals surface area contributed by atoms with Gasteiger partial charge in [-0.2, -0.15) is 0 Å². The van der Waals surface area contributed by atoms with E-state index in [2.05, 4.69) is 25.9 Å². The molecule has 4 nitrogen and oxygen atoms in total. The second kappa shape index (κ2) is 7.50. The first-order valence-corrected chi connectivity index (χ1v) is 9.70. The van der Waals surface area contributed by atoms with Gasteiger partial charge in [-0.3, -0.25) is 9.59 Å². The van der Waals surface area contributed by atoms with Crippen LogP contribution in [0.3, 0.4) is 0 Å². The Morgan fingerprint density at radius 1 is 1.28 bits per heavy atom. The summed E-state index contributed by atoms with van der Waals surface area (Å²) in [4.78, 5) is 32.1. The van der Waals surface area contributed by atoms with Crippen molar-refractivity contribution in [3.63, 3.8) is 0 Å². The molecule has 2 aromatic heterocycles. The van der Waals surface area contributed by atoms with Crippen molar-refractivity contribution >= 4 is 67.6 Å². The number of halogens is 3. The molecule has 0 aliphatic carbocycles. The number of ketones is 1. The first-order chi connectivity index (χ1) is 11.9. The first kappa shape index (κ1) is 18.5. The lowest BCUT2D eigenvalue weighted by Gasteiger charge is -2.11. The van der Waals surface area contributed by atoms with E-state index in [0.717, 1.165) is 5.56 Å². The Bertz CT molecular complexity index is 1040. The summed E-state index contributed by atoms with van der Waals surface area (Å²) in [5.74, 6) is 0.222. The zero-order valence-electron chi connectivity index (χ0n) is 12.9. The Kier molecular flexibility index (Phi) is 5.53. The number of aromatic amines is 1. The number of aromatic nitrogens is 2. The SMILES string of the molecule is CC(=O)c1c(SCc2ccc(Cl)nc2)[nH]c2c(Br)ccc(Cl)c2c1=O. The van der Waals surface area contributed by atoms with Gasteiger partial charge < -0.3 is 4.98 Å². The molecule has 1 aromatic carbocycles. The second-order valence-electron chi connectivity index (χ2n) is 5.27. The van der Waals surface area contributed by atoms with Crippen LogP contribution in [0.2, 0.25) is 10.2 Å². The van der Waals surface area contributed by atoms with Crippen molar-refractivity contribution in [2.75, 3.05) is 0 Å². The second-order valence-corrected chi connectivity index (χ2v) is 7.91. The number of pyridine rings is 2. The highest BCUT2D eigenvalue weighted by Crippen LogP contribution is 2.31. The summed E-state index contributed by atoms with van der Waals surface area (Å²) in [6.07, 6.45) is 1.66. The number of nitrogens with one attached hydrogen (secondary N) is 1. The van der Waals surface area contributed by atoms with Gasteiger partial charge in [0.1, 0.15) is 5.15 Å². The van der Waals surface area contributed by atoms with Crippen molar-refractivity contribution in [2.45, 2.75) is 17.7 Å². The van der Waals surface area contributed by atoms with Crippen LogP contribution in [0.15, 0.2) is 44.8 Å². The van der Waals surface area contributed by atoms with Gasteiger partial charge >= 0.3 is 0 Å². The third kappa shape index (κ3) is 3.77. The van der Waals surface area contributed by atoms with Crippen LogP contribution in [-0.4, -0.2) is 15.8 Å². The van der Waals surface area contributed by atoms with E-state index in [4.69, 9.17) is 23.2 Å². The summed E-state index contributed by atoms with van der Waals surface area (Å²) in [6.45, 7) is 1.37. The fraction of sp³-hybridized carbons (Fsp3) is 0.118. The third-order valence-corrected chi connectivity index (χ3v) is 5.82. The maximum Gasteiger partial charge on any atom is 0.202 e. The van der Waals surface area contributed by atoms with E-state index >= 15 is 0 Å². The zero-order chi connectivity index (χ0) is 18.1. The number of nitrogens with zero attached hydrogens (tertiary/aromatic N) is 1. The molecular weight excluding hydrogens is 447 g/mol. The van der Waals surface area contributed by atoms with Crippen LogP contribution in [-0.2, 0) is 5.75 Å². The Labute approximate surface area is 166 Å². The Balaban J connectivity index is 2.11. The Morgan fingerprint density at radius 2 is 2.04 bits per heavy atom. The maximum absolute atomic E-state index is 12.8.